The molecule has 0 aliphatic rings. The highest BCUT2D eigenvalue weighted by Crippen LogP contribution is 2.42. The third kappa shape index (κ3) is 4.98. The number of halogens is 2. The van der Waals surface area contributed by atoms with E-state index in [1.165, 1.54) is 0 Å². The molecule has 1 unspecified atom stereocenters. The van der Waals surface area contributed by atoms with Crippen LogP contribution in [0, 0.1) is 0 Å². The van der Waals surface area contributed by atoms with Crippen molar-refractivity contribution < 1.29 is 15.0 Å². The van der Waals surface area contributed by atoms with E-state index in [-0.39, 0.29) is 6.54 Å². The molecule has 4 aromatic rings. The van der Waals surface area contributed by atoms with E-state index < -0.39 is 17.5 Å². The van der Waals surface area contributed by atoms with Crippen LogP contribution in [0.3, 0.4) is 0 Å². The number of hydrogen-bond acceptors (Lipinski definition) is 4. The molecule has 0 amide bonds. The van der Waals surface area contributed by atoms with Gasteiger partial charge in [0.1, 0.15) is 5.41 Å². The van der Waals surface area contributed by atoms with Gasteiger partial charge in [-0.1, -0.05) is 83.9 Å². The minimum absolute atomic E-state index is 0.194. The van der Waals surface area contributed by atoms with E-state index in [9.17, 15) is 15.0 Å². The van der Waals surface area contributed by atoms with E-state index in [2.05, 4.69) is 5.32 Å². The Morgan fingerprint density at radius 3 is 1.86 bits per heavy atom. The number of aliphatic carboxylic acids is 1. The summed E-state index contributed by atoms with van der Waals surface area (Å²) in [5.74, 6) is -1.07. The lowest BCUT2D eigenvalue weighted by atomic mass is 9.69. The Morgan fingerprint density at radius 2 is 1.34 bits per heavy atom. The van der Waals surface area contributed by atoms with Gasteiger partial charge in [0.25, 0.3) is 0 Å². The molecule has 5 N–H and O–H groups in total. The molecule has 0 spiro atoms. The molecular weight excluding hydrogens is 483 g/mol. The number of carbonyl (C=O) groups is 1. The number of carboxylic acids is 1. The molecule has 0 aromatic heterocycles. The molecule has 0 aliphatic carbocycles. The van der Waals surface area contributed by atoms with E-state index in [0.29, 0.717) is 38.1 Å². The van der Waals surface area contributed by atoms with Crippen LogP contribution in [0.5, 0.6) is 0 Å². The van der Waals surface area contributed by atoms with Crippen LogP contribution in [0.4, 0.5) is 11.4 Å². The van der Waals surface area contributed by atoms with Gasteiger partial charge < -0.3 is 21.3 Å². The maximum absolute atomic E-state index is 13.1. The Bertz CT molecular complexity index is 1270. The highest BCUT2D eigenvalue weighted by molar-refractivity contribution is 6.30. The van der Waals surface area contributed by atoms with Gasteiger partial charge in [-0.15, -0.1) is 0 Å². The molecule has 35 heavy (non-hydrogen) atoms. The predicted octanol–water partition coefficient (Wildman–Crippen LogP) is 6.14. The number of benzene rings is 4. The number of carboxylic acid groups (broad SMARTS) is 1. The predicted molar refractivity (Wildman–Crippen MR) is 141 cm³/mol. The first-order valence-electron chi connectivity index (χ1n) is 10.9. The van der Waals surface area contributed by atoms with Gasteiger partial charge in [0, 0.05) is 16.6 Å². The van der Waals surface area contributed by atoms with E-state index in [4.69, 9.17) is 28.9 Å². The molecule has 7 heteroatoms. The number of aliphatic hydroxyl groups excluding tert-OH is 1. The van der Waals surface area contributed by atoms with Gasteiger partial charge in [-0.2, -0.15) is 0 Å². The third-order valence-corrected chi connectivity index (χ3v) is 6.54. The van der Waals surface area contributed by atoms with Crippen LogP contribution in [0.15, 0.2) is 97.1 Å². The maximum atomic E-state index is 13.1. The van der Waals surface area contributed by atoms with Crippen LogP contribution in [0.2, 0.25) is 10.0 Å². The van der Waals surface area contributed by atoms with Gasteiger partial charge in [0.05, 0.1) is 17.5 Å². The topological polar surface area (TPSA) is 95.6 Å². The molecule has 0 aliphatic heterocycles. The van der Waals surface area contributed by atoms with Crippen molar-refractivity contribution in [1.82, 2.24) is 0 Å². The summed E-state index contributed by atoms with van der Waals surface area (Å²) in [5, 5.41) is 25.4. The second kappa shape index (κ2) is 10.4. The van der Waals surface area contributed by atoms with Crippen molar-refractivity contribution in [3.05, 3.63) is 129 Å². The fourth-order valence-electron chi connectivity index (χ4n) is 4.21. The number of nitrogens with two attached hydrogens (primary N) is 1. The molecule has 4 rings (SSSR count). The zero-order valence-electron chi connectivity index (χ0n) is 18.7. The lowest BCUT2D eigenvalue weighted by Gasteiger charge is -2.32. The molecule has 178 valence electrons. The zero-order valence-corrected chi connectivity index (χ0v) is 20.2. The van der Waals surface area contributed by atoms with Crippen molar-refractivity contribution in [3.63, 3.8) is 0 Å². The third-order valence-electron chi connectivity index (χ3n) is 6.03. The number of nitrogen functional groups attached to an aromatic ring is 1. The highest BCUT2D eigenvalue weighted by Gasteiger charge is 2.44. The first-order valence-corrected chi connectivity index (χ1v) is 11.7. The number of aliphatic hydroxyl groups is 1. The monoisotopic (exact) mass is 506 g/mol. The van der Waals surface area contributed by atoms with E-state index >= 15 is 0 Å². The van der Waals surface area contributed by atoms with Crippen LogP contribution in [-0.2, 0) is 10.2 Å². The minimum Gasteiger partial charge on any atom is -0.480 e. The molecular formula is C28H24Cl2N2O3. The standard InChI is InChI=1S/C28H24Cl2N2O3/c29-22-11-6-19(7-12-22)28(27(34)35,20-8-13-23(30)14-9-20)21-10-15-24(31)25(16-21)32-17-26(33)18-4-2-1-3-5-18/h1-16,26,32-33H,17,31H2,(H,34,35). The lowest BCUT2D eigenvalue weighted by Crippen LogP contribution is -2.38. The van der Waals surface area contributed by atoms with Crippen molar-refractivity contribution >= 4 is 40.5 Å². The van der Waals surface area contributed by atoms with Gasteiger partial charge in [-0.25, -0.2) is 0 Å². The van der Waals surface area contributed by atoms with E-state index in [1.54, 1.807) is 66.7 Å². The number of nitrogens with one attached hydrogen (secondary N) is 1. The van der Waals surface area contributed by atoms with E-state index in [0.717, 1.165) is 5.56 Å². The summed E-state index contributed by atoms with van der Waals surface area (Å²) < 4.78 is 0. The Balaban J connectivity index is 1.81. The van der Waals surface area contributed by atoms with Gasteiger partial charge in [-0.3, -0.25) is 4.79 Å². The number of rotatable bonds is 8. The largest absolute Gasteiger partial charge is 0.480 e. The van der Waals surface area contributed by atoms with Crippen LogP contribution >= 0.6 is 23.2 Å². The first kappa shape index (κ1) is 24.6. The van der Waals surface area contributed by atoms with Crippen LogP contribution < -0.4 is 11.1 Å². The molecule has 0 fully saturated rings. The average molecular weight is 507 g/mol. The van der Waals surface area contributed by atoms with Crippen LogP contribution in [0.25, 0.3) is 0 Å². The van der Waals surface area contributed by atoms with Crippen molar-refractivity contribution in [2.75, 3.05) is 17.6 Å². The second-order valence-electron chi connectivity index (χ2n) is 8.18. The normalized spacial score (nSPS) is 12.2. The molecule has 4 aromatic carbocycles. The maximum Gasteiger partial charge on any atom is 0.323 e. The summed E-state index contributed by atoms with van der Waals surface area (Å²) in [6, 6.07) is 27.8. The SMILES string of the molecule is Nc1ccc(C(C(=O)O)(c2ccc(Cl)cc2)c2ccc(Cl)cc2)cc1NCC(O)c1ccccc1. The Labute approximate surface area is 213 Å². The zero-order chi connectivity index (χ0) is 25.0. The quantitative estimate of drug-likeness (QED) is 0.170. The summed E-state index contributed by atoms with van der Waals surface area (Å²) in [4.78, 5) is 13.1. The number of hydrogen-bond donors (Lipinski definition) is 4. The van der Waals surface area contributed by atoms with Crippen molar-refractivity contribution in [2.24, 2.45) is 0 Å². The van der Waals surface area contributed by atoms with E-state index in [1.807, 2.05) is 30.3 Å². The fourth-order valence-corrected chi connectivity index (χ4v) is 4.46. The molecule has 0 saturated carbocycles. The van der Waals surface area contributed by atoms with Crippen molar-refractivity contribution in [3.8, 4) is 0 Å². The summed E-state index contributed by atoms with van der Waals surface area (Å²) in [6.45, 7) is 0.194. The van der Waals surface area contributed by atoms with Crippen LogP contribution in [-0.4, -0.2) is 22.7 Å². The molecule has 0 saturated heterocycles. The molecule has 1 atom stereocenters. The van der Waals surface area contributed by atoms with Crippen molar-refractivity contribution in [1.29, 1.82) is 0 Å². The molecule has 0 heterocycles. The fraction of sp³-hybridized carbons (Fsp3) is 0.107. The minimum atomic E-state index is -1.56. The Kier molecular flexibility index (Phi) is 7.31. The molecule has 0 radical (unpaired) electrons. The van der Waals surface area contributed by atoms with Gasteiger partial charge >= 0.3 is 5.97 Å². The summed E-state index contributed by atoms with van der Waals surface area (Å²) in [5.41, 5.74) is 7.91. The average Bonchev–Trinajstić information content (AvgIpc) is 2.86. The van der Waals surface area contributed by atoms with Gasteiger partial charge in [0.15, 0.2) is 0 Å². The highest BCUT2D eigenvalue weighted by atomic mass is 35.5. The van der Waals surface area contributed by atoms with Crippen molar-refractivity contribution in [2.45, 2.75) is 11.5 Å². The second-order valence-corrected chi connectivity index (χ2v) is 9.05. The summed E-state index contributed by atoms with van der Waals surface area (Å²) in [7, 11) is 0. The van der Waals surface area contributed by atoms with Gasteiger partial charge in [0.2, 0.25) is 0 Å². The summed E-state index contributed by atoms with van der Waals surface area (Å²) in [6.07, 6.45) is -0.768. The lowest BCUT2D eigenvalue weighted by molar-refractivity contribution is -0.140. The number of anilines is 2. The van der Waals surface area contributed by atoms with Gasteiger partial charge in [-0.05, 0) is 58.7 Å². The summed E-state index contributed by atoms with van der Waals surface area (Å²) >= 11 is 12.2. The van der Waals surface area contributed by atoms with Crippen LogP contribution in [0.1, 0.15) is 28.4 Å². The molecule has 0 bridgehead atoms. The Hall–Kier alpha value is -3.51. The molecule has 5 nitrogen and oxygen atoms in total. The smallest absolute Gasteiger partial charge is 0.323 e. The first-order chi connectivity index (χ1) is 16.8. The Morgan fingerprint density at radius 1 is 0.829 bits per heavy atom.